The number of phosphoric acid groups is 1. The van der Waals surface area contributed by atoms with Crippen LogP contribution in [0.2, 0.25) is 0 Å². The minimum Gasteiger partial charge on any atom is -0.303 e. The first-order chi connectivity index (χ1) is 18.0. The molecule has 0 heterocycles. The van der Waals surface area contributed by atoms with Gasteiger partial charge in [-0.1, -0.05) is 44.9 Å². The first kappa shape index (κ1) is 39.9. The van der Waals surface area contributed by atoms with Gasteiger partial charge in [-0.15, -0.1) is 0 Å². The van der Waals surface area contributed by atoms with Crippen molar-refractivity contribution in [2.75, 3.05) is 6.61 Å². The molecule has 0 aliphatic heterocycles. The molecule has 0 aliphatic carbocycles. The molecular formula is C19H24F17O4P. The van der Waals surface area contributed by atoms with Gasteiger partial charge in [0, 0.05) is 6.42 Å². The summed E-state index contributed by atoms with van der Waals surface area (Å²) in [6.07, 6.45) is -9.47. The van der Waals surface area contributed by atoms with E-state index in [0.29, 0.717) is 25.7 Å². The van der Waals surface area contributed by atoms with E-state index in [0.717, 1.165) is 0 Å². The van der Waals surface area contributed by atoms with E-state index in [1.807, 2.05) is 0 Å². The molecule has 2 N–H and O–H groups in total. The molecule has 0 radical (unpaired) electrons. The lowest BCUT2D eigenvalue weighted by molar-refractivity contribution is -0.461. The van der Waals surface area contributed by atoms with Gasteiger partial charge < -0.3 is 9.79 Å². The lowest BCUT2D eigenvalue weighted by atomic mass is 9.87. The van der Waals surface area contributed by atoms with Crippen LogP contribution in [0.3, 0.4) is 0 Å². The van der Waals surface area contributed by atoms with Gasteiger partial charge in [0.05, 0.1) is 6.61 Å². The molecule has 0 saturated heterocycles. The lowest BCUT2D eigenvalue weighted by Gasteiger charge is -2.42. The van der Waals surface area contributed by atoms with Crippen LogP contribution < -0.4 is 0 Å². The average Bonchev–Trinajstić information content (AvgIpc) is 2.77. The third-order valence-electron chi connectivity index (χ3n) is 5.68. The average molecular weight is 670 g/mol. The van der Waals surface area contributed by atoms with Crippen LogP contribution in [-0.2, 0) is 9.09 Å². The Kier molecular flexibility index (Phi) is 12.9. The third-order valence-corrected chi connectivity index (χ3v) is 6.20. The van der Waals surface area contributed by atoms with Crippen LogP contribution >= 0.6 is 7.82 Å². The van der Waals surface area contributed by atoms with Gasteiger partial charge in [-0.3, -0.25) is 4.52 Å². The Morgan fingerprint density at radius 1 is 0.439 bits per heavy atom. The molecule has 4 nitrogen and oxygen atoms in total. The van der Waals surface area contributed by atoms with Crippen molar-refractivity contribution in [1.29, 1.82) is 0 Å². The van der Waals surface area contributed by atoms with Crippen molar-refractivity contribution in [3.8, 4) is 0 Å². The molecule has 22 heteroatoms. The topological polar surface area (TPSA) is 66.8 Å². The van der Waals surface area contributed by atoms with Gasteiger partial charge in [0.2, 0.25) is 0 Å². The molecule has 0 unspecified atom stereocenters. The van der Waals surface area contributed by atoms with E-state index < -0.39 is 74.7 Å². The Morgan fingerprint density at radius 3 is 1.07 bits per heavy atom. The minimum absolute atomic E-state index is 0.0354. The second kappa shape index (κ2) is 13.3. The maximum Gasteiger partial charge on any atom is 0.469 e. The summed E-state index contributed by atoms with van der Waals surface area (Å²) in [7, 11) is -4.62. The zero-order chi connectivity index (χ0) is 33.0. The molecule has 0 spiro atoms. The van der Waals surface area contributed by atoms with Crippen molar-refractivity contribution in [1.82, 2.24) is 0 Å². The lowest BCUT2D eigenvalue weighted by Crippen LogP contribution is -2.74. The Labute approximate surface area is 220 Å². The number of unbranched alkanes of at least 4 members (excludes halogenated alkanes) is 8. The van der Waals surface area contributed by atoms with Gasteiger partial charge in [0.15, 0.2) is 0 Å². The summed E-state index contributed by atoms with van der Waals surface area (Å²) in [5.41, 5.74) is 0. The van der Waals surface area contributed by atoms with Gasteiger partial charge in [-0.25, -0.2) is 4.57 Å². The highest BCUT2D eigenvalue weighted by atomic mass is 31.2. The first-order valence-corrected chi connectivity index (χ1v) is 12.9. The van der Waals surface area contributed by atoms with E-state index in [4.69, 9.17) is 9.79 Å². The molecule has 0 aromatic carbocycles. The molecule has 0 bridgehead atoms. The number of alkyl halides is 17. The molecule has 0 amide bonds. The maximum atomic E-state index is 13.8. The van der Waals surface area contributed by atoms with Crippen molar-refractivity contribution in [2.45, 2.75) is 112 Å². The van der Waals surface area contributed by atoms with Crippen molar-refractivity contribution < 1.29 is 93.5 Å². The predicted molar refractivity (Wildman–Crippen MR) is 105 cm³/mol. The Balaban J connectivity index is 5.19. The van der Waals surface area contributed by atoms with Crippen LogP contribution in [0.1, 0.15) is 64.2 Å². The highest BCUT2D eigenvalue weighted by Crippen LogP contribution is 2.64. The standard InChI is InChI=1S/C19H24F17O4P/c20-12(21,10-8-6-4-2-1-3-5-7-9-11-40-41(37,38)39)13(22,23)14(24,25)15(26,27)16(28,29)17(30,31)18(32,33)19(34,35)36/h1-11H2,(H2,37,38,39). The monoisotopic (exact) mass is 670 g/mol. The number of rotatable bonds is 19. The predicted octanol–water partition coefficient (Wildman–Crippen LogP) is 9.01. The summed E-state index contributed by atoms with van der Waals surface area (Å²) >= 11 is 0. The number of phosphoric ester groups is 1. The largest absolute Gasteiger partial charge is 0.469 e. The van der Waals surface area contributed by atoms with Gasteiger partial charge in [0.1, 0.15) is 0 Å². The molecule has 41 heavy (non-hydrogen) atoms. The quantitative estimate of drug-likeness (QED) is 0.0819. The van der Waals surface area contributed by atoms with Crippen LogP contribution in [0.15, 0.2) is 0 Å². The number of hydrogen-bond acceptors (Lipinski definition) is 2. The highest BCUT2D eigenvalue weighted by molar-refractivity contribution is 7.46. The fourth-order valence-corrected chi connectivity index (χ4v) is 3.59. The zero-order valence-corrected chi connectivity index (χ0v) is 21.3. The Morgan fingerprint density at radius 2 is 0.732 bits per heavy atom. The number of hydrogen-bond donors (Lipinski definition) is 2. The second-order valence-corrected chi connectivity index (χ2v) is 10.1. The van der Waals surface area contributed by atoms with E-state index in [1.54, 1.807) is 0 Å². The maximum absolute atomic E-state index is 13.8. The van der Waals surface area contributed by atoms with Crippen LogP contribution in [0.5, 0.6) is 0 Å². The molecular weight excluding hydrogens is 646 g/mol. The van der Waals surface area contributed by atoms with Gasteiger partial charge >= 0.3 is 55.5 Å². The van der Waals surface area contributed by atoms with E-state index in [2.05, 4.69) is 4.52 Å². The third kappa shape index (κ3) is 8.52. The fraction of sp³-hybridized carbons (Fsp3) is 1.00. The summed E-state index contributed by atoms with van der Waals surface area (Å²) in [5.74, 6) is -56.1. The second-order valence-electron chi connectivity index (χ2n) is 8.90. The number of halogens is 17. The first-order valence-electron chi connectivity index (χ1n) is 11.4. The molecule has 0 saturated carbocycles. The SMILES string of the molecule is O=P(O)(O)OCCCCCCCCCCCC(F)(F)C(F)(F)C(F)(F)C(F)(F)C(F)(F)C(F)(F)C(F)(F)C(F)(F)F. The van der Waals surface area contributed by atoms with Crippen molar-refractivity contribution in [3.05, 3.63) is 0 Å². The molecule has 0 atom stereocenters. The van der Waals surface area contributed by atoms with E-state index in [1.165, 1.54) is 0 Å². The van der Waals surface area contributed by atoms with Crippen LogP contribution in [0, 0.1) is 0 Å². The summed E-state index contributed by atoms with van der Waals surface area (Å²) in [5, 5.41) is 0. The van der Waals surface area contributed by atoms with Gasteiger partial charge in [-0.2, -0.15) is 74.6 Å². The Hall–Kier alpha value is -1.08. The molecule has 0 aromatic rings. The van der Waals surface area contributed by atoms with Crippen LogP contribution in [0.4, 0.5) is 74.6 Å². The summed E-state index contributed by atoms with van der Waals surface area (Å²) in [6.45, 7) is -0.242. The van der Waals surface area contributed by atoms with Crippen LogP contribution in [0.25, 0.3) is 0 Å². The zero-order valence-electron chi connectivity index (χ0n) is 20.4. The molecule has 0 fully saturated rings. The normalized spacial score (nSPS) is 15.5. The smallest absolute Gasteiger partial charge is 0.303 e. The molecule has 0 aliphatic rings. The van der Waals surface area contributed by atoms with E-state index >= 15 is 0 Å². The van der Waals surface area contributed by atoms with Gasteiger partial charge in [-0.05, 0) is 12.8 Å². The van der Waals surface area contributed by atoms with E-state index in [-0.39, 0.29) is 25.9 Å². The Bertz CT molecular complexity index is 870. The minimum atomic E-state index is -8.62. The summed E-state index contributed by atoms with van der Waals surface area (Å²) < 4.78 is 239. The molecule has 0 rings (SSSR count). The summed E-state index contributed by atoms with van der Waals surface area (Å²) in [6, 6.07) is 0. The summed E-state index contributed by atoms with van der Waals surface area (Å²) in [4.78, 5) is 16.9. The highest BCUT2D eigenvalue weighted by Gasteiger charge is 2.95. The van der Waals surface area contributed by atoms with Crippen molar-refractivity contribution in [2.24, 2.45) is 0 Å². The fourth-order valence-electron chi connectivity index (χ4n) is 3.22. The van der Waals surface area contributed by atoms with Crippen molar-refractivity contribution in [3.63, 3.8) is 0 Å². The van der Waals surface area contributed by atoms with Crippen LogP contribution in [-0.4, -0.2) is 64.0 Å². The van der Waals surface area contributed by atoms with Gasteiger partial charge in [0.25, 0.3) is 0 Å². The van der Waals surface area contributed by atoms with E-state index in [9.17, 15) is 79.2 Å². The molecule has 0 aromatic heterocycles. The van der Waals surface area contributed by atoms with Crippen molar-refractivity contribution >= 4 is 7.82 Å². The molecule has 248 valence electrons.